The number of nitrogens with zero attached hydrogens (tertiary/aromatic N) is 2. The Bertz CT molecular complexity index is 685. The van der Waals surface area contributed by atoms with E-state index in [4.69, 9.17) is 5.73 Å². The second kappa shape index (κ2) is 6.45. The van der Waals surface area contributed by atoms with Crippen molar-refractivity contribution < 1.29 is 9.59 Å². The predicted molar refractivity (Wildman–Crippen MR) is 96.2 cm³/mol. The molecular formula is C20H27N3O2. The average molecular weight is 341 g/mol. The number of carbonyl (C=O) groups is 2. The van der Waals surface area contributed by atoms with Crippen LogP contribution in [0.2, 0.25) is 0 Å². The van der Waals surface area contributed by atoms with E-state index in [0.717, 1.165) is 37.7 Å². The monoisotopic (exact) mass is 341 g/mol. The highest BCUT2D eigenvalue weighted by atomic mass is 16.2. The molecule has 2 aliphatic carbocycles. The first-order chi connectivity index (χ1) is 12.0. The normalized spacial score (nSPS) is 30.0. The highest BCUT2D eigenvalue weighted by Gasteiger charge is 2.47. The molecule has 0 bridgehead atoms. The number of primary amides is 1. The number of rotatable bonds is 4. The molecule has 1 heterocycles. The number of nitrogens with two attached hydrogens (primary N) is 1. The predicted octanol–water partition coefficient (Wildman–Crippen LogP) is 1.97. The SMILES string of the molecule is C[C@@H]1CN(C(=O)[C@@H]2C[C@H]2c2cccc(C(N)=O)c2)CCN1C1CCC1. The van der Waals surface area contributed by atoms with Crippen molar-refractivity contribution in [1.82, 2.24) is 9.80 Å². The van der Waals surface area contributed by atoms with Crippen LogP contribution in [-0.2, 0) is 4.79 Å². The van der Waals surface area contributed by atoms with Crippen molar-refractivity contribution in [3.05, 3.63) is 35.4 Å². The van der Waals surface area contributed by atoms with Crippen LogP contribution in [0.4, 0.5) is 0 Å². The first-order valence-electron chi connectivity index (χ1n) is 9.49. The van der Waals surface area contributed by atoms with Gasteiger partial charge >= 0.3 is 0 Å². The summed E-state index contributed by atoms with van der Waals surface area (Å²) in [5.41, 5.74) is 6.96. The van der Waals surface area contributed by atoms with Crippen LogP contribution in [0.15, 0.2) is 24.3 Å². The molecular weight excluding hydrogens is 314 g/mol. The molecule has 1 aromatic rings. The Kier molecular flexibility index (Phi) is 4.28. The molecule has 2 amide bonds. The maximum atomic E-state index is 12.9. The fourth-order valence-electron chi connectivity index (χ4n) is 4.43. The molecule has 4 rings (SSSR count). The summed E-state index contributed by atoms with van der Waals surface area (Å²) < 4.78 is 0. The fourth-order valence-corrected chi connectivity index (χ4v) is 4.43. The number of hydrogen-bond acceptors (Lipinski definition) is 3. The van der Waals surface area contributed by atoms with Crippen molar-refractivity contribution in [2.24, 2.45) is 11.7 Å². The Labute approximate surface area is 149 Å². The van der Waals surface area contributed by atoms with E-state index in [1.54, 1.807) is 6.07 Å². The molecule has 1 aliphatic heterocycles. The van der Waals surface area contributed by atoms with Crippen LogP contribution in [0.25, 0.3) is 0 Å². The van der Waals surface area contributed by atoms with Crippen molar-refractivity contribution in [1.29, 1.82) is 0 Å². The maximum Gasteiger partial charge on any atom is 0.248 e. The lowest BCUT2D eigenvalue weighted by Gasteiger charge is -2.47. The van der Waals surface area contributed by atoms with E-state index >= 15 is 0 Å². The van der Waals surface area contributed by atoms with Gasteiger partial charge in [-0.2, -0.15) is 0 Å². The molecule has 1 saturated heterocycles. The largest absolute Gasteiger partial charge is 0.366 e. The van der Waals surface area contributed by atoms with Crippen LogP contribution in [0.5, 0.6) is 0 Å². The zero-order valence-electron chi connectivity index (χ0n) is 14.9. The van der Waals surface area contributed by atoms with E-state index in [0.29, 0.717) is 11.6 Å². The van der Waals surface area contributed by atoms with Crippen molar-refractivity contribution in [2.45, 2.75) is 50.6 Å². The minimum atomic E-state index is -0.411. The van der Waals surface area contributed by atoms with Gasteiger partial charge in [-0.05, 0) is 49.8 Å². The van der Waals surface area contributed by atoms with Gasteiger partial charge in [-0.3, -0.25) is 14.5 Å². The summed E-state index contributed by atoms with van der Waals surface area (Å²) in [4.78, 5) is 28.9. The summed E-state index contributed by atoms with van der Waals surface area (Å²) in [6.07, 6.45) is 4.88. The molecule has 0 spiro atoms. The van der Waals surface area contributed by atoms with E-state index in [1.807, 2.05) is 18.2 Å². The van der Waals surface area contributed by atoms with Crippen molar-refractivity contribution in [3.63, 3.8) is 0 Å². The van der Waals surface area contributed by atoms with E-state index in [-0.39, 0.29) is 17.7 Å². The quantitative estimate of drug-likeness (QED) is 0.910. The summed E-state index contributed by atoms with van der Waals surface area (Å²) in [5, 5.41) is 0. The Morgan fingerprint density at radius 2 is 2.00 bits per heavy atom. The first kappa shape index (κ1) is 16.6. The van der Waals surface area contributed by atoms with Crippen LogP contribution >= 0.6 is 0 Å². The van der Waals surface area contributed by atoms with Gasteiger partial charge in [0.15, 0.2) is 0 Å². The summed E-state index contributed by atoms with van der Waals surface area (Å²) in [7, 11) is 0. The average Bonchev–Trinajstić information content (AvgIpc) is 3.35. The van der Waals surface area contributed by atoms with Gasteiger partial charge in [-0.1, -0.05) is 18.6 Å². The second-order valence-electron chi connectivity index (χ2n) is 7.89. The van der Waals surface area contributed by atoms with Crippen LogP contribution in [-0.4, -0.2) is 53.3 Å². The lowest BCUT2D eigenvalue weighted by molar-refractivity contribution is -0.136. The van der Waals surface area contributed by atoms with Crippen LogP contribution in [0.1, 0.15) is 54.4 Å². The molecule has 0 radical (unpaired) electrons. The third-order valence-corrected chi connectivity index (χ3v) is 6.24. The van der Waals surface area contributed by atoms with E-state index in [2.05, 4.69) is 16.7 Å². The number of carbonyl (C=O) groups excluding carboxylic acids is 2. The van der Waals surface area contributed by atoms with Crippen molar-refractivity contribution >= 4 is 11.8 Å². The van der Waals surface area contributed by atoms with E-state index in [1.165, 1.54) is 19.3 Å². The fraction of sp³-hybridized carbons (Fsp3) is 0.600. The minimum absolute atomic E-state index is 0.0746. The highest BCUT2D eigenvalue weighted by Crippen LogP contribution is 2.48. The number of amides is 2. The van der Waals surface area contributed by atoms with Crippen molar-refractivity contribution in [2.75, 3.05) is 19.6 Å². The van der Waals surface area contributed by atoms with Gasteiger partial charge in [0.2, 0.25) is 11.8 Å². The Morgan fingerprint density at radius 3 is 2.64 bits per heavy atom. The molecule has 2 saturated carbocycles. The highest BCUT2D eigenvalue weighted by molar-refractivity contribution is 5.93. The Balaban J connectivity index is 1.37. The van der Waals surface area contributed by atoms with Gasteiger partial charge in [-0.25, -0.2) is 0 Å². The molecule has 1 aromatic carbocycles. The van der Waals surface area contributed by atoms with Crippen LogP contribution in [0.3, 0.4) is 0 Å². The third kappa shape index (κ3) is 3.17. The molecule has 0 aromatic heterocycles. The lowest BCUT2D eigenvalue weighted by atomic mass is 9.89. The van der Waals surface area contributed by atoms with Gasteiger partial charge in [0.05, 0.1) is 0 Å². The maximum absolute atomic E-state index is 12.9. The van der Waals surface area contributed by atoms with Gasteiger partial charge in [-0.15, -0.1) is 0 Å². The molecule has 2 N–H and O–H groups in total. The van der Waals surface area contributed by atoms with Gasteiger partial charge in [0.25, 0.3) is 0 Å². The Hall–Kier alpha value is -1.88. The number of benzene rings is 1. The molecule has 134 valence electrons. The summed E-state index contributed by atoms with van der Waals surface area (Å²) in [5.74, 6) is 0.193. The van der Waals surface area contributed by atoms with Crippen molar-refractivity contribution in [3.8, 4) is 0 Å². The zero-order chi connectivity index (χ0) is 17.6. The third-order valence-electron chi connectivity index (χ3n) is 6.24. The summed E-state index contributed by atoms with van der Waals surface area (Å²) in [6, 6.07) is 8.64. The molecule has 25 heavy (non-hydrogen) atoms. The topological polar surface area (TPSA) is 66.6 Å². The lowest BCUT2D eigenvalue weighted by Crippen LogP contribution is -2.58. The standard InChI is InChI=1S/C20H27N3O2/c1-13-12-22(8-9-23(13)16-6-3-7-16)20(25)18-11-17(18)14-4-2-5-15(10-14)19(21)24/h2,4-5,10,13,16-18H,3,6-9,11-12H2,1H3,(H2,21,24)/t13-,17+,18-/m1/s1. The molecule has 3 aliphatic rings. The van der Waals surface area contributed by atoms with Gasteiger partial charge < -0.3 is 10.6 Å². The molecule has 0 unspecified atom stereocenters. The van der Waals surface area contributed by atoms with E-state index in [9.17, 15) is 9.59 Å². The minimum Gasteiger partial charge on any atom is -0.366 e. The van der Waals surface area contributed by atoms with E-state index < -0.39 is 5.91 Å². The molecule has 3 fully saturated rings. The van der Waals surface area contributed by atoms with Crippen LogP contribution in [0, 0.1) is 5.92 Å². The number of hydrogen-bond donors (Lipinski definition) is 1. The number of piperazine rings is 1. The molecule has 5 heteroatoms. The molecule has 3 atom stereocenters. The summed E-state index contributed by atoms with van der Waals surface area (Å²) >= 11 is 0. The second-order valence-corrected chi connectivity index (χ2v) is 7.89. The van der Waals surface area contributed by atoms with Crippen LogP contribution < -0.4 is 5.73 Å². The molecule has 5 nitrogen and oxygen atoms in total. The van der Waals surface area contributed by atoms with Gasteiger partial charge in [0, 0.05) is 43.2 Å². The zero-order valence-corrected chi connectivity index (χ0v) is 14.9. The smallest absolute Gasteiger partial charge is 0.248 e. The first-order valence-corrected chi connectivity index (χ1v) is 9.49. The Morgan fingerprint density at radius 1 is 1.20 bits per heavy atom. The summed E-state index contributed by atoms with van der Waals surface area (Å²) in [6.45, 7) is 4.95. The van der Waals surface area contributed by atoms with Gasteiger partial charge in [0.1, 0.15) is 0 Å².